The van der Waals surface area contributed by atoms with E-state index in [2.05, 4.69) is 5.32 Å². The van der Waals surface area contributed by atoms with Gasteiger partial charge in [0, 0.05) is 16.6 Å². The molecule has 1 aliphatic rings. The van der Waals surface area contributed by atoms with Crippen molar-refractivity contribution in [1.82, 2.24) is 10.2 Å². The summed E-state index contributed by atoms with van der Waals surface area (Å²) in [5.74, 6) is -0.286. The molecule has 1 aliphatic heterocycles. The average molecular weight is 287 g/mol. The van der Waals surface area contributed by atoms with Gasteiger partial charge < -0.3 is 10.2 Å². The van der Waals surface area contributed by atoms with Gasteiger partial charge in [-0.3, -0.25) is 9.59 Å². The molecule has 0 saturated carbocycles. The Morgan fingerprint density at radius 1 is 1.39 bits per heavy atom. The number of halogens is 2. The molecule has 0 aromatic heterocycles. The van der Waals surface area contributed by atoms with Gasteiger partial charge in [-0.25, -0.2) is 0 Å². The van der Waals surface area contributed by atoms with Crippen LogP contribution in [0.1, 0.15) is 12.5 Å². The molecule has 1 aromatic rings. The van der Waals surface area contributed by atoms with Crippen molar-refractivity contribution in [3.63, 3.8) is 0 Å². The van der Waals surface area contributed by atoms with Crippen LogP contribution in [0, 0.1) is 0 Å². The number of nitrogens with one attached hydrogen (secondary N) is 1. The Labute approximate surface area is 115 Å². The molecule has 1 unspecified atom stereocenters. The van der Waals surface area contributed by atoms with Crippen molar-refractivity contribution in [2.24, 2.45) is 0 Å². The molecule has 6 heteroatoms. The van der Waals surface area contributed by atoms with E-state index in [0.29, 0.717) is 10.0 Å². The molecular formula is C12H12Cl2N2O2. The number of rotatable bonds is 2. The molecule has 2 rings (SSSR count). The third-order valence-corrected chi connectivity index (χ3v) is 3.37. The van der Waals surface area contributed by atoms with Gasteiger partial charge in [0.2, 0.25) is 11.8 Å². The van der Waals surface area contributed by atoms with Crippen LogP contribution in [0.3, 0.4) is 0 Å². The predicted molar refractivity (Wildman–Crippen MR) is 69.5 cm³/mol. The van der Waals surface area contributed by atoms with E-state index in [9.17, 15) is 9.59 Å². The Morgan fingerprint density at radius 2 is 2.11 bits per heavy atom. The van der Waals surface area contributed by atoms with E-state index in [-0.39, 0.29) is 24.9 Å². The lowest BCUT2D eigenvalue weighted by atomic mass is 10.1. The van der Waals surface area contributed by atoms with E-state index in [4.69, 9.17) is 23.2 Å². The summed E-state index contributed by atoms with van der Waals surface area (Å²) < 4.78 is 0. The number of piperazine rings is 1. The van der Waals surface area contributed by atoms with Crippen LogP contribution in [0.2, 0.25) is 10.0 Å². The van der Waals surface area contributed by atoms with Crippen LogP contribution in [0.25, 0.3) is 0 Å². The summed E-state index contributed by atoms with van der Waals surface area (Å²) in [5, 5.41) is 3.67. The number of hydrogen-bond donors (Lipinski definition) is 1. The molecule has 1 saturated heterocycles. The Balaban J connectivity index is 2.19. The zero-order valence-electron chi connectivity index (χ0n) is 9.74. The number of benzene rings is 1. The third-order valence-electron chi connectivity index (χ3n) is 2.76. The molecular weight excluding hydrogens is 275 g/mol. The van der Waals surface area contributed by atoms with Gasteiger partial charge in [-0.05, 0) is 30.7 Å². The van der Waals surface area contributed by atoms with Crippen molar-refractivity contribution >= 4 is 35.0 Å². The highest BCUT2D eigenvalue weighted by Gasteiger charge is 2.29. The van der Waals surface area contributed by atoms with Crippen LogP contribution in [0.5, 0.6) is 0 Å². The average Bonchev–Trinajstić information content (AvgIpc) is 2.30. The van der Waals surface area contributed by atoms with E-state index in [1.807, 2.05) is 0 Å². The molecule has 4 nitrogen and oxygen atoms in total. The van der Waals surface area contributed by atoms with Crippen molar-refractivity contribution in [3.8, 4) is 0 Å². The summed E-state index contributed by atoms with van der Waals surface area (Å²) in [6, 6.07) is 4.57. The first kappa shape index (κ1) is 13.2. The van der Waals surface area contributed by atoms with Crippen LogP contribution in [0.4, 0.5) is 0 Å². The molecule has 1 atom stereocenters. The Kier molecular flexibility index (Phi) is 3.78. The first-order chi connectivity index (χ1) is 8.47. The van der Waals surface area contributed by atoms with E-state index in [1.165, 1.54) is 4.90 Å². The minimum absolute atomic E-state index is 0.0476. The fourth-order valence-corrected chi connectivity index (χ4v) is 2.25. The highest BCUT2D eigenvalue weighted by Crippen LogP contribution is 2.22. The fraction of sp³-hybridized carbons (Fsp3) is 0.333. The fourth-order valence-electron chi connectivity index (χ4n) is 1.88. The van der Waals surface area contributed by atoms with Crippen molar-refractivity contribution in [2.75, 3.05) is 6.54 Å². The molecule has 1 heterocycles. The van der Waals surface area contributed by atoms with Gasteiger partial charge in [-0.1, -0.05) is 23.2 Å². The van der Waals surface area contributed by atoms with Gasteiger partial charge in [-0.15, -0.1) is 0 Å². The van der Waals surface area contributed by atoms with Crippen molar-refractivity contribution in [2.45, 2.75) is 19.5 Å². The van der Waals surface area contributed by atoms with Crippen LogP contribution >= 0.6 is 23.2 Å². The van der Waals surface area contributed by atoms with Gasteiger partial charge in [0.1, 0.15) is 6.04 Å². The lowest BCUT2D eigenvalue weighted by Gasteiger charge is -2.31. The number of carbonyl (C=O) groups is 2. The molecule has 0 spiro atoms. The smallest absolute Gasteiger partial charge is 0.245 e. The van der Waals surface area contributed by atoms with Crippen molar-refractivity contribution < 1.29 is 9.59 Å². The topological polar surface area (TPSA) is 49.4 Å². The van der Waals surface area contributed by atoms with Crippen LogP contribution in [0.15, 0.2) is 18.2 Å². The van der Waals surface area contributed by atoms with E-state index in [1.54, 1.807) is 25.1 Å². The zero-order chi connectivity index (χ0) is 13.3. The standard InChI is InChI=1S/C12H12Cl2N2O2/c1-7-12(18)16(6-11(17)15-7)5-8-4-9(13)2-3-10(8)14/h2-4,7H,5-6H2,1H3,(H,15,17). The summed E-state index contributed by atoms with van der Waals surface area (Å²) in [5.41, 5.74) is 0.736. The van der Waals surface area contributed by atoms with Gasteiger partial charge in [0.05, 0.1) is 6.54 Å². The maximum atomic E-state index is 11.9. The highest BCUT2D eigenvalue weighted by molar-refractivity contribution is 6.33. The first-order valence-electron chi connectivity index (χ1n) is 5.49. The number of hydrogen-bond acceptors (Lipinski definition) is 2. The van der Waals surface area contributed by atoms with Gasteiger partial charge in [0.25, 0.3) is 0 Å². The molecule has 0 bridgehead atoms. The van der Waals surface area contributed by atoms with Crippen molar-refractivity contribution in [1.29, 1.82) is 0 Å². The minimum Gasteiger partial charge on any atom is -0.343 e. The summed E-state index contributed by atoms with van der Waals surface area (Å²) >= 11 is 11.9. The normalized spacial score (nSPS) is 19.9. The summed E-state index contributed by atoms with van der Waals surface area (Å²) in [6.45, 7) is 1.99. The molecule has 2 amide bonds. The SMILES string of the molecule is CC1NC(=O)CN(Cc2cc(Cl)ccc2Cl)C1=O. The van der Waals surface area contributed by atoms with E-state index >= 15 is 0 Å². The maximum Gasteiger partial charge on any atom is 0.245 e. The van der Waals surface area contributed by atoms with Gasteiger partial charge >= 0.3 is 0 Å². The zero-order valence-corrected chi connectivity index (χ0v) is 11.3. The van der Waals surface area contributed by atoms with Gasteiger partial charge in [-0.2, -0.15) is 0 Å². The molecule has 1 aromatic carbocycles. The Morgan fingerprint density at radius 3 is 2.83 bits per heavy atom. The molecule has 0 radical (unpaired) electrons. The highest BCUT2D eigenvalue weighted by atomic mass is 35.5. The lowest BCUT2D eigenvalue weighted by molar-refractivity contribution is -0.144. The summed E-state index contributed by atoms with van der Waals surface area (Å²) in [7, 11) is 0. The van der Waals surface area contributed by atoms with Crippen LogP contribution in [-0.2, 0) is 16.1 Å². The van der Waals surface area contributed by atoms with E-state index in [0.717, 1.165) is 5.56 Å². The number of amides is 2. The Bertz CT molecular complexity index is 505. The molecule has 1 N–H and O–H groups in total. The molecule has 0 aliphatic carbocycles. The quantitative estimate of drug-likeness (QED) is 0.902. The third kappa shape index (κ3) is 2.76. The van der Waals surface area contributed by atoms with Gasteiger partial charge in [0.15, 0.2) is 0 Å². The first-order valence-corrected chi connectivity index (χ1v) is 6.25. The number of nitrogens with zero attached hydrogens (tertiary/aromatic N) is 1. The minimum atomic E-state index is -0.496. The lowest BCUT2D eigenvalue weighted by Crippen LogP contribution is -2.56. The largest absolute Gasteiger partial charge is 0.343 e. The van der Waals surface area contributed by atoms with Crippen LogP contribution in [-0.4, -0.2) is 29.3 Å². The van der Waals surface area contributed by atoms with Crippen molar-refractivity contribution in [3.05, 3.63) is 33.8 Å². The molecule has 18 heavy (non-hydrogen) atoms. The second kappa shape index (κ2) is 5.16. The Hall–Kier alpha value is -1.26. The maximum absolute atomic E-state index is 11.9. The predicted octanol–water partition coefficient (Wildman–Crippen LogP) is 1.84. The summed E-state index contributed by atoms with van der Waals surface area (Å²) in [6.07, 6.45) is 0. The number of carbonyl (C=O) groups excluding carboxylic acids is 2. The van der Waals surface area contributed by atoms with E-state index < -0.39 is 6.04 Å². The second-order valence-corrected chi connectivity index (χ2v) is 5.06. The monoisotopic (exact) mass is 286 g/mol. The summed E-state index contributed by atoms with van der Waals surface area (Å²) in [4.78, 5) is 24.8. The van der Waals surface area contributed by atoms with Crippen LogP contribution < -0.4 is 5.32 Å². The second-order valence-electron chi connectivity index (χ2n) is 4.22. The molecule has 96 valence electrons. The molecule has 1 fully saturated rings.